The fourth-order valence-corrected chi connectivity index (χ4v) is 7.25. The number of benzene rings is 1. The maximum Gasteiger partial charge on any atom is 0.209 e. The number of phenols is 1. The Morgan fingerprint density at radius 2 is 1.73 bits per heavy atom. The van der Waals surface area contributed by atoms with Gasteiger partial charge in [0.25, 0.3) is 0 Å². The molecule has 0 radical (unpaired) electrons. The fraction of sp³-hybridized carbons (Fsp3) is 0.517. The van der Waals surface area contributed by atoms with Gasteiger partial charge in [0.1, 0.15) is 28.6 Å². The summed E-state index contributed by atoms with van der Waals surface area (Å²) >= 11 is 0. The fourth-order valence-electron chi connectivity index (χ4n) is 7.25. The number of aromatic hydroxyl groups is 1. The maximum atomic E-state index is 13.9. The van der Waals surface area contributed by atoms with Gasteiger partial charge in [-0.15, -0.1) is 0 Å². The molecule has 4 atom stereocenters. The molecular formula is C29H34O8. The number of carbonyl (C=O) groups is 4. The van der Waals surface area contributed by atoms with E-state index >= 15 is 0 Å². The van der Waals surface area contributed by atoms with Gasteiger partial charge in [-0.3, -0.25) is 19.2 Å². The van der Waals surface area contributed by atoms with E-state index in [-0.39, 0.29) is 59.8 Å². The van der Waals surface area contributed by atoms with Crippen LogP contribution < -0.4 is 0 Å². The van der Waals surface area contributed by atoms with Crippen LogP contribution in [0.15, 0.2) is 34.8 Å². The van der Waals surface area contributed by atoms with Gasteiger partial charge in [0.05, 0.1) is 5.56 Å². The highest BCUT2D eigenvalue weighted by molar-refractivity contribution is 6.25. The lowest BCUT2D eigenvalue weighted by Gasteiger charge is -2.59. The first-order chi connectivity index (χ1) is 17.1. The van der Waals surface area contributed by atoms with Crippen LogP contribution in [0.5, 0.6) is 5.75 Å². The molecular weight excluding hydrogens is 476 g/mol. The number of hydrogen-bond donors (Lipinski definition) is 4. The van der Waals surface area contributed by atoms with Crippen LogP contribution in [0.2, 0.25) is 0 Å². The van der Waals surface area contributed by atoms with Crippen molar-refractivity contribution in [2.45, 2.75) is 72.8 Å². The molecule has 0 aromatic heterocycles. The van der Waals surface area contributed by atoms with E-state index in [1.165, 1.54) is 0 Å². The summed E-state index contributed by atoms with van der Waals surface area (Å²) in [5.41, 5.74) is -5.18. The number of Topliss-reactive ketones (excluding diaryl/α,β-unsaturated/α-hetero) is 4. The number of phenolic OH excluding ortho intramolecular Hbond substituents is 1. The van der Waals surface area contributed by atoms with Crippen molar-refractivity contribution in [2.75, 3.05) is 0 Å². The molecule has 1 unspecified atom stereocenters. The Kier molecular flexibility index (Phi) is 6.07. The zero-order valence-corrected chi connectivity index (χ0v) is 22.1. The van der Waals surface area contributed by atoms with E-state index in [4.69, 9.17) is 0 Å². The summed E-state index contributed by atoms with van der Waals surface area (Å²) in [7, 11) is 0. The molecule has 0 saturated heterocycles. The van der Waals surface area contributed by atoms with Crippen LogP contribution in [0.3, 0.4) is 0 Å². The van der Waals surface area contributed by atoms with E-state index in [2.05, 4.69) is 0 Å². The topological polar surface area (TPSA) is 149 Å². The third-order valence-corrected chi connectivity index (χ3v) is 8.74. The van der Waals surface area contributed by atoms with E-state index in [9.17, 15) is 39.6 Å². The molecule has 8 heteroatoms. The molecule has 4 rings (SSSR count). The number of ketones is 4. The zero-order chi connectivity index (χ0) is 27.8. The molecule has 0 spiro atoms. The Labute approximate surface area is 215 Å². The molecule has 3 aliphatic rings. The molecule has 0 bridgehead atoms. The first-order valence-electron chi connectivity index (χ1n) is 12.6. The van der Waals surface area contributed by atoms with Crippen LogP contribution in [-0.2, 0) is 27.2 Å². The Hall–Kier alpha value is -3.26. The van der Waals surface area contributed by atoms with Crippen molar-refractivity contribution in [1.82, 2.24) is 0 Å². The summed E-state index contributed by atoms with van der Waals surface area (Å²) in [6.07, 6.45) is 0.450. The molecule has 0 amide bonds. The number of aliphatic hydroxyl groups is 3. The molecule has 37 heavy (non-hydrogen) atoms. The molecule has 4 N–H and O–H groups in total. The minimum Gasteiger partial charge on any atom is -0.511 e. The molecule has 0 heterocycles. The highest BCUT2D eigenvalue weighted by atomic mass is 16.3. The number of aliphatic hydroxyl groups excluding tert-OH is 2. The van der Waals surface area contributed by atoms with Crippen LogP contribution in [0.4, 0.5) is 0 Å². The summed E-state index contributed by atoms with van der Waals surface area (Å²) in [6.45, 7) is 9.72. The Morgan fingerprint density at radius 3 is 2.27 bits per heavy atom. The quantitative estimate of drug-likeness (QED) is 0.436. The van der Waals surface area contributed by atoms with E-state index in [1.54, 1.807) is 46.8 Å². The molecule has 8 nitrogen and oxygen atoms in total. The number of hydrogen-bond acceptors (Lipinski definition) is 8. The van der Waals surface area contributed by atoms with Crippen LogP contribution in [-0.4, -0.2) is 49.2 Å². The number of carbonyl (C=O) groups excluding carboxylic acids is 4. The van der Waals surface area contributed by atoms with Gasteiger partial charge in [-0.05, 0) is 31.2 Å². The van der Waals surface area contributed by atoms with E-state index in [0.29, 0.717) is 5.56 Å². The molecule has 198 valence electrons. The second-order valence-corrected chi connectivity index (χ2v) is 11.6. The predicted molar refractivity (Wildman–Crippen MR) is 134 cm³/mol. The molecule has 3 aliphatic carbocycles. The highest BCUT2D eigenvalue weighted by Gasteiger charge is 2.71. The first-order valence-corrected chi connectivity index (χ1v) is 12.6. The van der Waals surface area contributed by atoms with Crippen molar-refractivity contribution < 1.29 is 39.6 Å². The largest absolute Gasteiger partial charge is 0.511 e. The number of allylic oxidation sites excluding steroid dienone is 2. The average molecular weight is 511 g/mol. The predicted octanol–water partition coefficient (Wildman–Crippen LogP) is 3.87. The monoisotopic (exact) mass is 510 g/mol. The molecule has 0 aliphatic heterocycles. The second kappa shape index (κ2) is 8.38. The summed E-state index contributed by atoms with van der Waals surface area (Å²) in [6, 6.07) is 3.30. The van der Waals surface area contributed by atoms with Gasteiger partial charge in [-0.1, -0.05) is 46.8 Å². The Morgan fingerprint density at radius 1 is 1.11 bits per heavy atom. The SMILES string of the molecule is CCC(=O)Cc1ccc2c(c1O)C(=O)C1=C(O)[C@@]3(O)C(=O)C(C(C)=O)=C(O)C(C(C)C)[C@@]3(C)C[C@@]1(C)C2. The van der Waals surface area contributed by atoms with Crippen molar-refractivity contribution in [1.29, 1.82) is 0 Å². The normalized spacial score (nSPS) is 31.3. The van der Waals surface area contributed by atoms with Crippen molar-refractivity contribution in [3.8, 4) is 5.75 Å². The van der Waals surface area contributed by atoms with Crippen molar-refractivity contribution in [3.63, 3.8) is 0 Å². The molecule has 1 aromatic rings. The third kappa shape index (κ3) is 3.38. The summed E-state index contributed by atoms with van der Waals surface area (Å²) < 4.78 is 0. The lowest BCUT2D eigenvalue weighted by Crippen LogP contribution is -2.67. The molecule has 0 fully saturated rings. The van der Waals surface area contributed by atoms with Gasteiger partial charge in [0.2, 0.25) is 5.78 Å². The lowest BCUT2D eigenvalue weighted by molar-refractivity contribution is -0.171. The van der Waals surface area contributed by atoms with E-state index in [1.807, 2.05) is 0 Å². The van der Waals surface area contributed by atoms with Crippen LogP contribution >= 0.6 is 0 Å². The maximum absolute atomic E-state index is 13.9. The zero-order valence-electron chi connectivity index (χ0n) is 22.1. The minimum atomic E-state index is -2.64. The van der Waals surface area contributed by atoms with E-state index in [0.717, 1.165) is 6.92 Å². The van der Waals surface area contributed by atoms with Crippen LogP contribution in [0, 0.1) is 22.7 Å². The van der Waals surface area contributed by atoms with E-state index < -0.39 is 56.8 Å². The van der Waals surface area contributed by atoms with Gasteiger partial charge in [-0.25, -0.2) is 0 Å². The summed E-state index contributed by atoms with van der Waals surface area (Å²) in [4.78, 5) is 52.0. The molecule has 1 aromatic carbocycles. The third-order valence-electron chi connectivity index (χ3n) is 8.74. The number of fused-ring (bicyclic) bond motifs is 3. The summed E-state index contributed by atoms with van der Waals surface area (Å²) in [5.74, 6) is -5.56. The smallest absolute Gasteiger partial charge is 0.209 e. The lowest BCUT2D eigenvalue weighted by atomic mass is 9.44. The van der Waals surface area contributed by atoms with Crippen molar-refractivity contribution in [2.24, 2.45) is 22.7 Å². The van der Waals surface area contributed by atoms with Crippen molar-refractivity contribution >= 4 is 23.1 Å². The first kappa shape index (κ1) is 26.8. The number of rotatable bonds is 5. The van der Waals surface area contributed by atoms with Gasteiger partial charge in [-0.2, -0.15) is 0 Å². The van der Waals surface area contributed by atoms with Crippen molar-refractivity contribution in [3.05, 3.63) is 51.5 Å². The van der Waals surface area contributed by atoms with Crippen LogP contribution in [0.1, 0.15) is 75.9 Å². The van der Waals surface area contributed by atoms with Gasteiger partial charge >= 0.3 is 0 Å². The average Bonchev–Trinajstić information content (AvgIpc) is 2.77. The second-order valence-electron chi connectivity index (χ2n) is 11.6. The Bertz CT molecular complexity index is 1330. The summed E-state index contributed by atoms with van der Waals surface area (Å²) in [5, 5.41) is 45.7. The van der Waals surface area contributed by atoms with Gasteiger partial charge in [0, 0.05) is 40.7 Å². The highest BCUT2D eigenvalue weighted by Crippen LogP contribution is 2.65. The van der Waals surface area contributed by atoms with Crippen LogP contribution in [0.25, 0.3) is 0 Å². The molecule has 0 saturated carbocycles. The van der Waals surface area contributed by atoms with Gasteiger partial charge < -0.3 is 20.4 Å². The standard InChI is InChI=1S/C29H34O8/c1-7-17(31)10-15-8-9-16-11-27(5)12-28(6)20(13(2)3)23(33)18(14(4)30)25(35)29(28,37)26(36)21(27)24(34)19(16)22(15)32/h8-9,13,20,32-33,36-37H,7,10-12H2,1-6H3/t20?,27-,28-,29+/m1/s1. The minimum absolute atomic E-state index is 0.0434. The van der Waals surface area contributed by atoms with Gasteiger partial charge in [0.15, 0.2) is 17.2 Å². The Balaban J connectivity index is 2.00.